The molecule has 10 nitrogen and oxygen atoms in total. The van der Waals surface area contributed by atoms with Crippen LogP contribution in [0.15, 0.2) is 65.1 Å². The number of hydrogen-bond acceptors (Lipinski definition) is 8. The van der Waals surface area contributed by atoms with Crippen molar-refractivity contribution < 1.29 is 17.9 Å². The van der Waals surface area contributed by atoms with Gasteiger partial charge in [0.2, 0.25) is 10.0 Å². The Labute approximate surface area is 223 Å². The number of sulfonamides is 1. The lowest BCUT2D eigenvalue weighted by Gasteiger charge is -2.24. The largest absolute Gasteiger partial charge is 0.492 e. The lowest BCUT2D eigenvalue weighted by Crippen LogP contribution is -2.20. The van der Waals surface area contributed by atoms with Crippen molar-refractivity contribution in [3.63, 3.8) is 0 Å². The molecule has 200 valence electrons. The quantitative estimate of drug-likeness (QED) is 0.425. The van der Waals surface area contributed by atoms with E-state index in [1.54, 1.807) is 35.5 Å². The van der Waals surface area contributed by atoms with Crippen LogP contribution >= 0.6 is 0 Å². The number of methoxy groups -OCH3 is 1. The summed E-state index contributed by atoms with van der Waals surface area (Å²) >= 11 is 0. The predicted molar refractivity (Wildman–Crippen MR) is 148 cm³/mol. The Kier molecular flexibility index (Phi) is 7.41. The summed E-state index contributed by atoms with van der Waals surface area (Å²) in [6.07, 6.45) is 2.79. The molecule has 1 aliphatic rings. The average molecular weight is 537 g/mol. The summed E-state index contributed by atoms with van der Waals surface area (Å²) in [4.78, 5) is 17.8. The van der Waals surface area contributed by atoms with Crippen LogP contribution in [-0.4, -0.2) is 39.2 Å². The Balaban J connectivity index is 1.64. The van der Waals surface area contributed by atoms with Crippen molar-refractivity contribution in [3.05, 3.63) is 77.1 Å². The van der Waals surface area contributed by atoms with Crippen LogP contribution in [0, 0.1) is 6.92 Å². The van der Waals surface area contributed by atoms with Crippen molar-refractivity contribution in [1.29, 1.82) is 0 Å². The molecule has 1 unspecified atom stereocenters. The van der Waals surface area contributed by atoms with Crippen molar-refractivity contribution in [1.82, 2.24) is 4.98 Å². The van der Waals surface area contributed by atoms with Gasteiger partial charge < -0.3 is 10.1 Å². The maximum atomic E-state index is 13.4. The van der Waals surface area contributed by atoms with E-state index >= 15 is 0 Å². The van der Waals surface area contributed by atoms with Gasteiger partial charge in [0.15, 0.2) is 5.75 Å². The number of rotatable bonds is 7. The van der Waals surface area contributed by atoms with Gasteiger partial charge >= 0.3 is 0 Å². The first-order chi connectivity index (χ1) is 17.9. The fourth-order valence-electron chi connectivity index (χ4n) is 4.11. The smallest absolute Gasteiger partial charge is 0.255 e. The summed E-state index contributed by atoms with van der Waals surface area (Å²) in [5, 5.41) is 13.4. The van der Waals surface area contributed by atoms with Gasteiger partial charge in [-0.2, -0.15) is 5.11 Å². The van der Waals surface area contributed by atoms with E-state index in [9.17, 15) is 13.2 Å². The van der Waals surface area contributed by atoms with Crippen molar-refractivity contribution in [2.75, 3.05) is 35.0 Å². The minimum Gasteiger partial charge on any atom is -0.492 e. The van der Waals surface area contributed by atoms with Crippen LogP contribution in [0.5, 0.6) is 5.75 Å². The van der Waals surface area contributed by atoms with Gasteiger partial charge in [0.25, 0.3) is 5.91 Å². The summed E-state index contributed by atoms with van der Waals surface area (Å²) in [6.45, 7) is 8.45. The molecule has 0 fully saturated rings. The second-order valence-electron chi connectivity index (χ2n) is 10.2. The number of aromatic nitrogens is 1. The van der Waals surface area contributed by atoms with Gasteiger partial charge in [0, 0.05) is 11.8 Å². The molecule has 0 bridgehead atoms. The Morgan fingerprint density at radius 1 is 1.11 bits per heavy atom. The molecule has 3 aromatic rings. The highest BCUT2D eigenvalue weighted by atomic mass is 32.2. The van der Waals surface area contributed by atoms with Gasteiger partial charge in [0.05, 0.1) is 42.7 Å². The molecule has 4 rings (SSSR count). The van der Waals surface area contributed by atoms with E-state index < -0.39 is 10.0 Å². The summed E-state index contributed by atoms with van der Waals surface area (Å²) in [7, 11) is -2.16. The maximum Gasteiger partial charge on any atom is 0.255 e. The molecular formula is C27H32N6O4S. The maximum absolute atomic E-state index is 13.4. The van der Waals surface area contributed by atoms with E-state index in [1.165, 1.54) is 7.11 Å². The number of anilines is 3. The monoisotopic (exact) mass is 536 g/mol. The highest BCUT2D eigenvalue weighted by Crippen LogP contribution is 2.39. The van der Waals surface area contributed by atoms with E-state index in [0.29, 0.717) is 17.8 Å². The Hall–Kier alpha value is -3.99. The molecule has 0 radical (unpaired) electrons. The SMILES string of the molecule is COc1c(NC(=O)c2ccc(C)c(N3CC(c4ccccn4)N=N3)c2)cc(C(C)(C)C)cc1NS(C)(=O)=O. The molecule has 11 heteroatoms. The van der Waals surface area contributed by atoms with E-state index in [4.69, 9.17) is 4.74 Å². The molecule has 0 aliphatic carbocycles. The standard InChI is InChI=1S/C27H32N6O4S/c1-17-10-11-18(13-24(17)33-16-23(30-32-33)20-9-7-8-12-28-20)26(34)29-21-14-19(27(2,3)4)15-22(25(21)37-5)31-38(6,35)36/h7-15,23,31H,16H2,1-6H3,(H,29,34). The van der Waals surface area contributed by atoms with Crippen LogP contribution in [-0.2, 0) is 15.4 Å². The number of pyridine rings is 1. The first kappa shape index (κ1) is 27.1. The van der Waals surface area contributed by atoms with Crippen molar-refractivity contribution >= 4 is 33.0 Å². The number of benzene rings is 2. The molecule has 0 saturated carbocycles. The van der Waals surface area contributed by atoms with Crippen molar-refractivity contribution in [2.24, 2.45) is 10.3 Å². The minimum atomic E-state index is -3.59. The number of hydrogen-bond donors (Lipinski definition) is 2. The van der Waals surface area contributed by atoms with Gasteiger partial charge in [0.1, 0.15) is 6.04 Å². The summed E-state index contributed by atoms with van der Waals surface area (Å²) < 4.78 is 32.0. The number of carbonyl (C=O) groups excluding carboxylic acids is 1. The molecular weight excluding hydrogens is 504 g/mol. The zero-order valence-electron chi connectivity index (χ0n) is 22.3. The number of nitrogens with one attached hydrogen (secondary N) is 2. The number of aryl methyl sites for hydroxylation is 1. The predicted octanol–water partition coefficient (Wildman–Crippen LogP) is 5.25. The second-order valence-corrected chi connectivity index (χ2v) is 12.0. The number of carbonyl (C=O) groups is 1. The third-order valence-electron chi connectivity index (χ3n) is 6.13. The van der Waals surface area contributed by atoms with Crippen molar-refractivity contribution in [3.8, 4) is 5.75 Å². The van der Waals surface area contributed by atoms with E-state index in [1.807, 2.05) is 52.0 Å². The molecule has 2 aromatic carbocycles. The summed E-state index contributed by atoms with van der Waals surface area (Å²) in [5.41, 5.74) is 4.04. The highest BCUT2D eigenvalue weighted by molar-refractivity contribution is 7.92. The van der Waals surface area contributed by atoms with E-state index in [2.05, 4.69) is 25.4 Å². The van der Waals surface area contributed by atoms with Gasteiger partial charge in [-0.05, 0) is 59.9 Å². The molecule has 0 spiro atoms. The Bertz CT molecular complexity index is 1480. The molecule has 2 heterocycles. The van der Waals surface area contributed by atoms with Gasteiger partial charge in [-0.3, -0.25) is 14.5 Å². The number of nitrogens with zero attached hydrogens (tertiary/aromatic N) is 4. The van der Waals surface area contributed by atoms with Gasteiger partial charge in [-0.15, -0.1) is 0 Å². The molecule has 1 aliphatic heterocycles. The third-order valence-corrected chi connectivity index (χ3v) is 6.72. The van der Waals surface area contributed by atoms with Gasteiger partial charge in [-0.1, -0.05) is 38.1 Å². The fraction of sp³-hybridized carbons (Fsp3) is 0.333. The van der Waals surface area contributed by atoms with Crippen LogP contribution in [0.1, 0.15) is 54.0 Å². The number of ether oxygens (including phenoxy) is 1. The fourth-order valence-corrected chi connectivity index (χ4v) is 4.66. The molecule has 38 heavy (non-hydrogen) atoms. The van der Waals surface area contributed by atoms with E-state index in [-0.39, 0.29) is 28.8 Å². The zero-order valence-corrected chi connectivity index (χ0v) is 23.1. The summed E-state index contributed by atoms with van der Waals surface area (Å²) in [6, 6.07) is 14.3. The average Bonchev–Trinajstić information content (AvgIpc) is 3.33. The van der Waals surface area contributed by atoms with Crippen LogP contribution in [0.2, 0.25) is 0 Å². The molecule has 0 saturated heterocycles. The topological polar surface area (TPSA) is 125 Å². The summed E-state index contributed by atoms with van der Waals surface area (Å²) in [5.74, 6) is -0.158. The Morgan fingerprint density at radius 2 is 1.84 bits per heavy atom. The second kappa shape index (κ2) is 10.4. The van der Waals surface area contributed by atoms with Crippen LogP contribution in [0.25, 0.3) is 0 Å². The van der Waals surface area contributed by atoms with Gasteiger partial charge in [-0.25, -0.2) is 13.4 Å². The minimum absolute atomic E-state index is 0.196. The normalized spacial score (nSPS) is 15.4. The molecule has 2 N–H and O–H groups in total. The first-order valence-electron chi connectivity index (χ1n) is 12.1. The van der Waals surface area contributed by atoms with Crippen molar-refractivity contribution in [2.45, 2.75) is 39.2 Å². The van der Waals surface area contributed by atoms with Crippen LogP contribution in [0.3, 0.4) is 0 Å². The van der Waals surface area contributed by atoms with Crippen LogP contribution in [0.4, 0.5) is 17.1 Å². The van der Waals surface area contributed by atoms with Crippen LogP contribution < -0.4 is 19.8 Å². The Morgan fingerprint density at radius 3 is 2.47 bits per heavy atom. The molecule has 1 atom stereocenters. The third kappa shape index (κ3) is 6.10. The lowest BCUT2D eigenvalue weighted by molar-refractivity contribution is 0.102. The first-order valence-corrected chi connectivity index (χ1v) is 14.0. The molecule has 1 amide bonds. The number of amides is 1. The lowest BCUT2D eigenvalue weighted by atomic mass is 9.86. The highest BCUT2D eigenvalue weighted by Gasteiger charge is 2.26. The molecule has 1 aromatic heterocycles. The zero-order chi connectivity index (χ0) is 27.7. The van der Waals surface area contributed by atoms with E-state index in [0.717, 1.165) is 28.8 Å².